The monoisotopic (exact) mass is 257 g/mol. The van der Waals surface area contributed by atoms with Crippen LogP contribution in [0.3, 0.4) is 0 Å². The van der Waals surface area contributed by atoms with Gasteiger partial charge in [0.05, 0.1) is 0 Å². The fourth-order valence-corrected chi connectivity index (χ4v) is 2.02. The molecule has 104 valence electrons. The summed E-state index contributed by atoms with van der Waals surface area (Å²) in [5.41, 5.74) is 4.20. The first kappa shape index (κ1) is 14.8. The van der Waals surface area contributed by atoms with Crippen molar-refractivity contribution in [2.75, 3.05) is 20.1 Å². The molecule has 1 heterocycles. The number of hydrogen-bond acceptors (Lipinski definition) is 4. The van der Waals surface area contributed by atoms with Crippen LogP contribution < -0.4 is 11.1 Å². The van der Waals surface area contributed by atoms with Crippen molar-refractivity contribution in [3.8, 4) is 0 Å². The topological polar surface area (TPSA) is 84.7 Å². The van der Waals surface area contributed by atoms with Crippen LogP contribution in [-0.4, -0.2) is 48.2 Å². The number of nitrogens with one attached hydrogen (secondary N) is 1. The Labute approximate surface area is 108 Å². The number of carbonyl (C=O) groups is 2. The predicted molar refractivity (Wildman–Crippen MR) is 68.0 cm³/mol. The zero-order valence-electron chi connectivity index (χ0n) is 11.6. The van der Waals surface area contributed by atoms with Gasteiger partial charge in [-0.1, -0.05) is 0 Å². The van der Waals surface area contributed by atoms with Crippen molar-refractivity contribution in [1.82, 2.24) is 10.2 Å². The number of carbonyl (C=O) groups excluding carboxylic acids is 2. The molecule has 0 spiro atoms. The molecule has 0 unspecified atom stereocenters. The van der Waals surface area contributed by atoms with Crippen LogP contribution in [0.25, 0.3) is 0 Å². The summed E-state index contributed by atoms with van der Waals surface area (Å²) in [4.78, 5) is 24.9. The largest absolute Gasteiger partial charge is 0.444 e. The zero-order chi connectivity index (χ0) is 14.0. The van der Waals surface area contributed by atoms with Crippen LogP contribution in [0.2, 0.25) is 0 Å². The average Bonchev–Trinajstić information content (AvgIpc) is 2.26. The number of nitrogens with zero attached hydrogens (tertiary/aromatic N) is 1. The second-order valence-electron chi connectivity index (χ2n) is 5.66. The number of likely N-dealkylation sites (N-methyl/N-ethyl adjacent to an activating group) is 1. The third kappa shape index (κ3) is 3.35. The zero-order valence-corrected chi connectivity index (χ0v) is 11.6. The molecule has 18 heavy (non-hydrogen) atoms. The third-order valence-electron chi connectivity index (χ3n) is 3.22. The first-order valence-electron chi connectivity index (χ1n) is 6.17. The molecule has 2 amide bonds. The molecule has 1 aliphatic heterocycles. The summed E-state index contributed by atoms with van der Waals surface area (Å²) in [7, 11) is 1.72. The van der Waals surface area contributed by atoms with Crippen LogP contribution in [0.15, 0.2) is 0 Å². The van der Waals surface area contributed by atoms with E-state index in [2.05, 4.69) is 5.32 Å². The van der Waals surface area contributed by atoms with E-state index >= 15 is 0 Å². The lowest BCUT2D eigenvalue weighted by Gasteiger charge is -2.39. The fourth-order valence-electron chi connectivity index (χ4n) is 2.02. The first-order valence-corrected chi connectivity index (χ1v) is 6.17. The molecule has 0 radical (unpaired) electrons. The van der Waals surface area contributed by atoms with Crippen LogP contribution in [0.4, 0.5) is 4.79 Å². The molecule has 0 saturated carbocycles. The van der Waals surface area contributed by atoms with Gasteiger partial charge in [-0.2, -0.15) is 0 Å². The first-order chi connectivity index (χ1) is 8.20. The lowest BCUT2D eigenvalue weighted by atomic mass is 9.87. The van der Waals surface area contributed by atoms with Gasteiger partial charge in [-0.15, -0.1) is 0 Å². The van der Waals surface area contributed by atoms with Gasteiger partial charge < -0.3 is 20.7 Å². The fraction of sp³-hybridized carbons (Fsp3) is 0.833. The second-order valence-corrected chi connectivity index (χ2v) is 5.66. The summed E-state index contributed by atoms with van der Waals surface area (Å²) >= 11 is 0. The van der Waals surface area contributed by atoms with Crippen molar-refractivity contribution in [1.29, 1.82) is 0 Å². The Morgan fingerprint density at radius 1 is 1.28 bits per heavy atom. The summed E-state index contributed by atoms with van der Waals surface area (Å²) in [5.74, 6) is -0.367. The highest BCUT2D eigenvalue weighted by Gasteiger charge is 2.40. The molecule has 6 heteroatoms. The molecule has 1 fully saturated rings. The van der Waals surface area contributed by atoms with E-state index in [1.807, 2.05) is 20.8 Å². The van der Waals surface area contributed by atoms with E-state index in [1.165, 1.54) is 0 Å². The van der Waals surface area contributed by atoms with Crippen LogP contribution in [0, 0.1) is 0 Å². The molecule has 3 N–H and O–H groups in total. The SMILES string of the molecule is CNC1(C(N)=O)CCN(C(=O)OC(C)(C)C)CC1. The number of amides is 2. The van der Waals surface area contributed by atoms with Crippen LogP contribution in [0.1, 0.15) is 33.6 Å². The molecule has 0 aromatic heterocycles. The van der Waals surface area contributed by atoms with Gasteiger partial charge in [0, 0.05) is 13.1 Å². The number of piperidine rings is 1. The number of ether oxygens (including phenoxy) is 1. The Bertz CT molecular complexity index is 328. The normalized spacial score (nSPS) is 19.4. The van der Waals surface area contributed by atoms with Gasteiger partial charge in [-0.05, 0) is 40.7 Å². The third-order valence-corrected chi connectivity index (χ3v) is 3.22. The van der Waals surface area contributed by atoms with E-state index in [0.717, 1.165) is 0 Å². The van der Waals surface area contributed by atoms with Crippen LogP contribution in [0.5, 0.6) is 0 Å². The number of rotatable bonds is 2. The Hall–Kier alpha value is -1.30. The van der Waals surface area contributed by atoms with E-state index in [4.69, 9.17) is 10.5 Å². The Balaban J connectivity index is 2.58. The van der Waals surface area contributed by atoms with Crippen LogP contribution >= 0.6 is 0 Å². The van der Waals surface area contributed by atoms with E-state index in [0.29, 0.717) is 25.9 Å². The maximum atomic E-state index is 11.9. The molecule has 0 aromatic carbocycles. The minimum atomic E-state index is -0.696. The summed E-state index contributed by atoms with van der Waals surface area (Å²) in [6, 6.07) is 0. The van der Waals surface area contributed by atoms with Gasteiger partial charge in [-0.3, -0.25) is 4.79 Å². The lowest BCUT2D eigenvalue weighted by molar-refractivity contribution is -0.126. The highest BCUT2D eigenvalue weighted by Crippen LogP contribution is 2.23. The molecule has 6 nitrogen and oxygen atoms in total. The Morgan fingerprint density at radius 2 is 1.78 bits per heavy atom. The van der Waals surface area contributed by atoms with E-state index in [-0.39, 0.29) is 12.0 Å². The number of likely N-dealkylation sites (tertiary alicyclic amines) is 1. The van der Waals surface area contributed by atoms with E-state index in [9.17, 15) is 9.59 Å². The summed E-state index contributed by atoms with van der Waals surface area (Å²) in [6.45, 7) is 6.43. The van der Waals surface area contributed by atoms with Gasteiger partial charge in [0.1, 0.15) is 11.1 Å². The minimum absolute atomic E-state index is 0.336. The van der Waals surface area contributed by atoms with Gasteiger partial charge in [0.2, 0.25) is 5.91 Å². The number of primary amides is 1. The maximum Gasteiger partial charge on any atom is 0.410 e. The van der Waals surface area contributed by atoms with Gasteiger partial charge in [0.25, 0.3) is 0 Å². The van der Waals surface area contributed by atoms with E-state index < -0.39 is 11.1 Å². The van der Waals surface area contributed by atoms with Gasteiger partial charge in [-0.25, -0.2) is 4.79 Å². The minimum Gasteiger partial charge on any atom is -0.444 e. The standard InChI is InChI=1S/C12H23N3O3/c1-11(2,3)18-10(17)15-7-5-12(14-4,6-8-15)9(13)16/h14H,5-8H2,1-4H3,(H2,13,16). The van der Waals surface area contributed by atoms with Crippen molar-refractivity contribution in [3.63, 3.8) is 0 Å². The van der Waals surface area contributed by atoms with Crippen LogP contribution in [-0.2, 0) is 9.53 Å². The highest BCUT2D eigenvalue weighted by molar-refractivity contribution is 5.85. The molecule has 1 saturated heterocycles. The molecular weight excluding hydrogens is 234 g/mol. The number of nitrogens with two attached hydrogens (primary N) is 1. The number of hydrogen-bond donors (Lipinski definition) is 2. The van der Waals surface area contributed by atoms with Crippen molar-refractivity contribution >= 4 is 12.0 Å². The van der Waals surface area contributed by atoms with Gasteiger partial charge >= 0.3 is 6.09 Å². The van der Waals surface area contributed by atoms with Crippen molar-refractivity contribution in [2.24, 2.45) is 5.73 Å². The van der Waals surface area contributed by atoms with Crippen molar-refractivity contribution in [2.45, 2.75) is 44.8 Å². The van der Waals surface area contributed by atoms with E-state index in [1.54, 1.807) is 11.9 Å². The molecule has 0 atom stereocenters. The maximum absolute atomic E-state index is 11.9. The highest BCUT2D eigenvalue weighted by atomic mass is 16.6. The quantitative estimate of drug-likeness (QED) is 0.752. The molecule has 1 rings (SSSR count). The summed E-state index contributed by atoms with van der Waals surface area (Å²) in [5, 5.41) is 2.97. The Morgan fingerprint density at radius 3 is 2.11 bits per heavy atom. The summed E-state index contributed by atoms with van der Waals surface area (Å²) < 4.78 is 5.29. The molecule has 1 aliphatic rings. The molecular formula is C12H23N3O3. The van der Waals surface area contributed by atoms with Gasteiger partial charge in [0.15, 0.2) is 0 Å². The smallest absolute Gasteiger partial charge is 0.410 e. The average molecular weight is 257 g/mol. The predicted octanol–water partition coefficient (Wildman–Crippen LogP) is 0.461. The molecule has 0 aromatic rings. The van der Waals surface area contributed by atoms with Crippen molar-refractivity contribution < 1.29 is 14.3 Å². The molecule has 0 bridgehead atoms. The Kier molecular flexibility index (Phi) is 4.21. The second kappa shape index (κ2) is 5.14. The lowest BCUT2D eigenvalue weighted by Crippen LogP contribution is -2.60. The van der Waals surface area contributed by atoms with Crippen molar-refractivity contribution in [3.05, 3.63) is 0 Å². The summed E-state index contributed by atoms with van der Waals surface area (Å²) in [6.07, 6.45) is 0.688. The molecule has 0 aliphatic carbocycles.